The summed E-state index contributed by atoms with van der Waals surface area (Å²) >= 11 is 0. The van der Waals surface area contributed by atoms with E-state index in [0.717, 1.165) is 25.6 Å². The molecule has 5 nitrogen and oxygen atoms in total. The summed E-state index contributed by atoms with van der Waals surface area (Å²) in [5, 5.41) is 16.7. The van der Waals surface area contributed by atoms with Crippen molar-refractivity contribution in [2.75, 3.05) is 25.0 Å². The van der Waals surface area contributed by atoms with E-state index >= 15 is 0 Å². The number of alkyl halides is 2. The van der Waals surface area contributed by atoms with Crippen LogP contribution < -0.4 is 10.6 Å². The monoisotopic (exact) mass is 271 g/mol. The van der Waals surface area contributed by atoms with Crippen LogP contribution in [0, 0.1) is 16.0 Å². The molecule has 7 heteroatoms. The van der Waals surface area contributed by atoms with Crippen molar-refractivity contribution in [1.29, 1.82) is 0 Å². The van der Waals surface area contributed by atoms with E-state index in [2.05, 4.69) is 10.6 Å². The third-order valence-electron chi connectivity index (χ3n) is 3.22. The third-order valence-corrected chi connectivity index (χ3v) is 3.22. The molecule has 1 aliphatic rings. The Morgan fingerprint density at radius 2 is 2.32 bits per heavy atom. The van der Waals surface area contributed by atoms with Gasteiger partial charge in [-0.15, -0.1) is 0 Å². The molecule has 104 valence electrons. The number of nitrogens with one attached hydrogen (secondary N) is 2. The molecule has 1 aromatic rings. The highest BCUT2D eigenvalue weighted by molar-refractivity contribution is 5.56. The van der Waals surface area contributed by atoms with Gasteiger partial charge in [-0.3, -0.25) is 10.1 Å². The van der Waals surface area contributed by atoms with Gasteiger partial charge in [0.1, 0.15) is 0 Å². The first-order valence-corrected chi connectivity index (χ1v) is 6.09. The van der Waals surface area contributed by atoms with Crippen LogP contribution in [0.25, 0.3) is 0 Å². The van der Waals surface area contributed by atoms with E-state index in [1.54, 1.807) is 0 Å². The molecule has 0 aromatic heterocycles. The van der Waals surface area contributed by atoms with Crippen molar-refractivity contribution in [1.82, 2.24) is 5.32 Å². The lowest BCUT2D eigenvalue weighted by Gasteiger charge is -2.14. The van der Waals surface area contributed by atoms with E-state index < -0.39 is 11.3 Å². The van der Waals surface area contributed by atoms with Crippen molar-refractivity contribution in [3.05, 3.63) is 33.9 Å². The number of hydrogen-bond donors (Lipinski definition) is 2. The lowest BCUT2D eigenvalue weighted by Crippen LogP contribution is -2.17. The van der Waals surface area contributed by atoms with Crippen molar-refractivity contribution in [2.24, 2.45) is 5.92 Å². The summed E-state index contributed by atoms with van der Waals surface area (Å²) in [5.74, 6) is 0.403. The molecular weight excluding hydrogens is 256 g/mol. The Labute approximate surface area is 109 Å². The number of nitro benzene ring substituents is 1. The Balaban J connectivity index is 2.11. The first-order chi connectivity index (χ1) is 9.08. The average Bonchev–Trinajstić information content (AvgIpc) is 2.89. The lowest BCUT2D eigenvalue weighted by molar-refractivity contribution is -0.385. The maximum atomic E-state index is 12.9. The van der Waals surface area contributed by atoms with Gasteiger partial charge in [0, 0.05) is 29.9 Å². The third kappa shape index (κ3) is 3.37. The molecule has 1 fully saturated rings. The van der Waals surface area contributed by atoms with Gasteiger partial charge >= 0.3 is 0 Å². The second kappa shape index (κ2) is 5.92. The highest BCUT2D eigenvalue weighted by Crippen LogP contribution is 2.30. The van der Waals surface area contributed by atoms with E-state index in [0.29, 0.717) is 12.5 Å². The molecule has 1 aliphatic heterocycles. The van der Waals surface area contributed by atoms with E-state index in [-0.39, 0.29) is 16.9 Å². The van der Waals surface area contributed by atoms with Gasteiger partial charge in [0.25, 0.3) is 12.1 Å². The summed E-state index contributed by atoms with van der Waals surface area (Å²) < 4.78 is 25.8. The average molecular weight is 271 g/mol. The maximum Gasteiger partial charge on any atom is 0.270 e. The molecule has 0 saturated carbocycles. The van der Waals surface area contributed by atoms with Crippen LogP contribution in [-0.2, 0) is 0 Å². The van der Waals surface area contributed by atoms with Gasteiger partial charge < -0.3 is 10.6 Å². The minimum atomic E-state index is -2.73. The number of halogens is 2. The number of benzene rings is 1. The molecule has 2 N–H and O–H groups in total. The van der Waals surface area contributed by atoms with E-state index in [4.69, 9.17) is 0 Å². The zero-order chi connectivity index (χ0) is 13.8. The van der Waals surface area contributed by atoms with Crippen LogP contribution in [0.2, 0.25) is 0 Å². The molecule has 1 aromatic carbocycles. The Morgan fingerprint density at radius 3 is 2.89 bits per heavy atom. The van der Waals surface area contributed by atoms with E-state index in [9.17, 15) is 18.9 Å². The Bertz CT molecular complexity index is 462. The summed E-state index contributed by atoms with van der Waals surface area (Å²) in [6.07, 6.45) is -1.73. The zero-order valence-electron chi connectivity index (χ0n) is 10.2. The maximum absolute atomic E-state index is 12.9. The molecule has 2 rings (SSSR count). The Hall–Kier alpha value is -1.76. The molecule has 1 heterocycles. The van der Waals surface area contributed by atoms with Crippen LogP contribution in [0.4, 0.5) is 20.2 Å². The van der Waals surface area contributed by atoms with Crippen LogP contribution >= 0.6 is 0 Å². The van der Waals surface area contributed by atoms with E-state index in [1.165, 1.54) is 12.1 Å². The molecule has 0 bridgehead atoms. The predicted octanol–water partition coefficient (Wildman–Crippen LogP) is 2.55. The van der Waals surface area contributed by atoms with Crippen LogP contribution in [0.5, 0.6) is 0 Å². The molecule has 0 amide bonds. The number of anilines is 1. The molecule has 1 atom stereocenters. The zero-order valence-corrected chi connectivity index (χ0v) is 10.2. The van der Waals surface area contributed by atoms with E-state index in [1.807, 2.05) is 0 Å². The highest BCUT2D eigenvalue weighted by atomic mass is 19.3. The lowest BCUT2D eigenvalue weighted by atomic mass is 10.1. The number of non-ortho nitro benzene ring substituents is 1. The van der Waals surface area contributed by atoms with Crippen LogP contribution in [0.3, 0.4) is 0 Å². The summed E-state index contributed by atoms with van der Waals surface area (Å²) in [5.41, 5.74) is -0.365. The summed E-state index contributed by atoms with van der Waals surface area (Å²) in [7, 11) is 0. The predicted molar refractivity (Wildman–Crippen MR) is 67.5 cm³/mol. The summed E-state index contributed by atoms with van der Waals surface area (Å²) in [6, 6.07) is 3.52. The Morgan fingerprint density at radius 1 is 1.53 bits per heavy atom. The molecular formula is C12H15F2N3O2. The second-order valence-electron chi connectivity index (χ2n) is 4.57. The fourth-order valence-corrected chi connectivity index (χ4v) is 2.15. The Kier molecular flexibility index (Phi) is 4.26. The van der Waals surface area contributed by atoms with Crippen LogP contribution in [-0.4, -0.2) is 24.6 Å². The smallest absolute Gasteiger partial charge is 0.270 e. The summed E-state index contributed by atoms with van der Waals surface area (Å²) in [4.78, 5) is 9.92. The normalized spacial score (nSPS) is 18.8. The minimum absolute atomic E-state index is 0.271. The van der Waals surface area contributed by atoms with Crippen molar-refractivity contribution in [3.63, 3.8) is 0 Å². The van der Waals surface area contributed by atoms with Crippen LogP contribution in [0.15, 0.2) is 18.2 Å². The van der Waals surface area contributed by atoms with Gasteiger partial charge in [-0.1, -0.05) is 0 Å². The number of nitro groups is 1. The second-order valence-corrected chi connectivity index (χ2v) is 4.57. The fraction of sp³-hybridized carbons (Fsp3) is 0.500. The first kappa shape index (κ1) is 13.7. The molecule has 0 aliphatic carbocycles. The summed E-state index contributed by atoms with van der Waals surface area (Å²) in [6.45, 7) is 2.39. The number of nitrogens with zero attached hydrogens (tertiary/aromatic N) is 1. The number of hydrogen-bond acceptors (Lipinski definition) is 4. The number of rotatable bonds is 5. The molecule has 1 unspecified atom stereocenters. The minimum Gasteiger partial charge on any atom is -0.384 e. The standard InChI is InChI=1S/C12H15F2N3O2/c13-12(14)10-5-9(17(18)19)1-2-11(10)16-7-8-3-4-15-6-8/h1-2,5,8,12,15-16H,3-4,6-7H2. The largest absolute Gasteiger partial charge is 0.384 e. The van der Waals surface area contributed by atoms with Crippen LogP contribution in [0.1, 0.15) is 18.4 Å². The van der Waals surface area contributed by atoms with Gasteiger partial charge in [0.2, 0.25) is 0 Å². The quantitative estimate of drug-likeness (QED) is 0.638. The molecule has 0 radical (unpaired) electrons. The van der Waals surface area contributed by atoms with Crippen molar-refractivity contribution in [2.45, 2.75) is 12.8 Å². The van der Waals surface area contributed by atoms with Gasteiger partial charge in [0.05, 0.1) is 4.92 Å². The highest BCUT2D eigenvalue weighted by Gasteiger charge is 2.19. The van der Waals surface area contributed by atoms with Gasteiger partial charge in [-0.25, -0.2) is 8.78 Å². The van der Waals surface area contributed by atoms with Gasteiger partial charge in [0.15, 0.2) is 0 Å². The van der Waals surface area contributed by atoms with Crippen molar-refractivity contribution < 1.29 is 13.7 Å². The topological polar surface area (TPSA) is 67.2 Å². The SMILES string of the molecule is O=[N+]([O-])c1ccc(NCC2CCNC2)c(C(F)F)c1. The fourth-order valence-electron chi connectivity index (χ4n) is 2.15. The van der Waals surface area contributed by atoms with Crippen molar-refractivity contribution >= 4 is 11.4 Å². The molecule has 0 spiro atoms. The molecule has 19 heavy (non-hydrogen) atoms. The first-order valence-electron chi connectivity index (χ1n) is 6.09. The molecule has 1 saturated heterocycles. The van der Waals surface area contributed by atoms with Crippen molar-refractivity contribution in [3.8, 4) is 0 Å². The van der Waals surface area contributed by atoms with Gasteiger partial charge in [-0.2, -0.15) is 0 Å². The van der Waals surface area contributed by atoms with Gasteiger partial charge in [-0.05, 0) is 31.5 Å².